The summed E-state index contributed by atoms with van der Waals surface area (Å²) in [4.78, 5) is 31.8. The van der Waals surface area contributed by atoms with Crippen molar-refractivity contribution in [1.29, 1.82) is 0 Å². The lowest BCUT2D eigenvalue weighted by molar-refractivity contribution is -0.136. The van der Waals surface area contributed by atoms with Crippen molar-refractivity contribution in [2.75, 3.05) is 32.8 Å². The Hall–Kier alpha value is -1.41. The van der Waals surface area contributed by atoms with Gasteiger partial charge < -0.3 is 9.64 Å². The highest BCUT2D eigenvalue weighted by molar-refractivity contribution is 7.16. The Morgan fingerprint density at radius 2 is 1.93 bits per heavy atom. The summed E-state index contributed by atoms with van der Waals surface area (Å²) in [6.45, 7) is 3.62. The molecule has 0 N–H and O–H groups in total. The molecule has 1 aliphatic carbocycles. The van der Waals surface area contributed by atoms with E-state index in [0.29, 0.717) is 18.0 Å². The number of amides is 1. The van der Waals surface area contributed by atoms with Crippen molar-refractivity contribution in [3.63, 3.8) is 0 Å². The van der Waals surface area contributed by atoms with Crippen molar-refractivity contribution in [3.8, 4) is 0 Å². The Bertz CT molecular complexity index is 818. The zero-order valence-corrected chi connectivity index (χ0v) is 17.3. The van der Waals surface area contributed by atoms with Crippen LogP contribution < -0.4 is 0 Å². The topological polar surface area (TPSA) is 49.9 Å². The average Bonchev–Trinajstić information content (AvgIpc) is 3.36. The number of hydrogen-bond acceptors (Lipinski definition) is 6. The third-order valence-corrected chi connectivity index (χ3v) is 7.44. The molecular formula is C19H21ClN2O3S2. The quantitative estimate of drug-likeness (QED) is 0.690. The first kappa shape index (κ1) is 18.9. The summed E-state index contributed by atoms with van der Waals surface area (Å²) in [5, 5.41) is 0. The maximum absolute atomic E-state index is 12.4. The molecule has 0 unspecified atom stereocenters. The van der Waals surface area contributed by atoms with Crippen LogP contribution in [-0.2, 0) is 28.9 Å². The van der Waals surface area contributed by atoms with Gasteiger partial charge in [0.1, 0.15) is 4.88 Å². The minimum absolute atomic E-state index is 0.119. The van der Waals surface area contributed by atoms with Crippen LogP contribution in [0.2, 0.25) is 4.34 Å². The first-order valence-corrected chi connectivity index (χ1v) is 11.1. The Morgan fingerprint density at radius 3 is 2.63 bits per heavy atom. The summed E-state index contributed by atoms with van der Waals surface area (Å²) >= 11 is 9.07. The van der Waals surface area contributed by atoms with Gasteiger partial charge in [-0.25, -0.2) is 4.79 Å². The van der Waals surface area contributed by atoms with Gasteiger partial charge in [-0.3, -0.25) is 9.69 Å². The molecule has 2 aromatic heterocycles. The number of piperazine rings is 1. The number of aryl methyl sites for hydroxylation is 2. The lowest BCUT2D eigenvalue weighted by Crippen LogP contribution is -2.49. The fraction of sp³-hybridized carbons (Fsp3) is 0.474. The molecule has 27 heavy (non-hydrogen) atoms. The number of thiophene rings is 2. The number of carbonyl (C=O) groups is 2. The molecule has 0 radical (unpaired) electrons. The van der Waals surface area contributed by atoms with Crippen molar-refractivity contribution in [1.82, 2.24) is 9.80 Å². The molecule has 0 bridgehead atoms. The van der Waals surface area contributed by atoms with Crippen LogP contribution >= 0.6 is 34.3 Å². The van der Waals surface area contributed by atoms with Gasteiger partial charge in [0.25, 0.3) is 5.91 Å². The lowest BCUT2D eigenvalue weighted by atomic mass is 10.2. The fourth-order valence-corrected chi connectivity index (χ4v) is 5.81. The Morgan fingerprint density at radius 1 is 1.11 bits per heavy atom. The van der Waals surface area contributed by atoms with Crippen LogP contribution in [0.15, 0.2) is 18.2 Å². The van der Waals surface area contributed by atoms with Gasteiger partial charge in [0.15, 0.2) is 6.61 Å². The van der Waals surface area contributed by atoms with E-state index in [0.717, 1.165) is 36.8 Å². The molecule has 1 aliphatic heterocycles. The second-order valence-electron chi connectivity index (χ2n) is 6.85. The lowest BCUT2D eigenvalue weighted by Gasteiger charge is -2.34. The van der Waals surface area contributed by atoms with Crippen molar-refractivity contribution < 1.29 is 14.3 Å². The Labute approximate surface area is 171 Å². The molecule has 0 atom stereocenters. The molecule has 3 heterocycles. The maximum atomic E-state index is 12.4. The van der Waals surface area contributed by atoms with E-state index in [1.165, 1.54) is 33.1 Å². The zero-order valence-electron chi connectivity index (χ0n) is 14.9. The van der Waals surface area contributed by atoms with Gasteiger partial charge in [-0.15, -0.1) is 22.7 Å². The third-order valence-electron chi connectivity index (χ3n) is 5.01. The van der Waals surface area contributed by atoms with Gasteiger partial charge in [0, 0.05) is 42.5 Å². The van der Waals surface area contributed by atoms with Crippen molar-refractivity contribution in [2.24, 2.45) is 0 Å². The fourth-order valence-electron chi connectivity index (χ4n) is 3.53. The smallest absolute Gasteiger partial charge is 0.348 e. The number of halogens is 1. The van der Waals surface area contributed by atoms with Crippen LogP contribution in [0, 0.1) is 0 Å². The number of hydrogen-bond donors (Lipinski definition) is 0. The maximum Gasteiger partial charge on any atom is 0.348 e. The minimum Gasteiger partial charge on any atom is -0.451 e. The monoisotopic (exact) mass is 424 g/mol. The van der Waals surface area contributed by atoms with Gasteiger partial charge in [0.2, 0.25) is 0 Å². The van der Waals surface area contributed by atoms with E-state index in [9.17, 15) is 9.59 Å². The number of ether oxygens (including phenoxy) is 1. The number of fused-ring (bicyclic) bond motifs is 1. The number of carbonyl (C=O) groups excluding carboxylic acids is 2. The molecule has 0 saturated carbocycles. The van der Waals surface area contributed by atoms with Gasteiger partial charge in [-0.2, -0.15) is 0 Å². The zero-order chi connectivity index (χ0) is 18.8. The molecule has 5 nitrogen and oxygen atoms in total. The van der Waals surface area contributed by atoms with E-state index < -0.39 is 0 Å². The van der Waals surface area contributed by atoms with Crippen molar-refractivity contribution in [3.05, 3.63) is 42.7 Å². The Balaban J connectivity index is 1.21. The molecular weight excluding hydrogens is 404 g/mol. The molecule has 144 valence electrons. The molecule has 2 aromatic rings. The normalized spacial score (nSPS) is 17.1. The predicted octanol–water partition coefficient (Wildman–Crippen LogP) is 3.45. The minimum atomic E-state index is -0.379. The van der Waals surface area contributed by atoms with Crippen LogP contribution in [0.4, 0.5) is 0 Å². The molecule has 8 heteroatoms. The SMILES string of the molecule is O=C(OCC(=O)N1CCN(Cc2ccc(Cl)s2)CC1)c1cc2c(s1)CCC2. The molecule has 1 amide bonds. The second kappa shape index (κ2) is 8.31. The van der Waals surface area contributed by atoms with Crippen LogP contribution in [0.1, 0.15) is 31.4 Å². The van der Waals surface area contributed by atoms with Crippen LogP contribution in [-0.4, -0.2) is 54.5 Å². The summed E-state index contributed by atoms with van der Waals surface area (Å²) in [6.07, 6.45) is 3.26. The van der Waals surface area contributed by atoms with E-state index in [1.54, 1.807) is 16.2 Å². The predicted molar refractivity (Wildman–Crippen MR) is 108 cm³/mol. The molecule has 2 aliphatic rings. The molecule has 4 rings (SSSR count). The molecule has 0 spiro atoms. The largest absolute Gasteiger partial charge is 0.451 e. The van der Waals surface area contributed by atoms with Crippen LogP contribution in [0.25, 0.3) is 0 Å². The summed E-state index contributed by atoms with van der Waals surface area (Å²) in [7, 11) is 0. The molecule has 1 fully saturated rings. The van der Waals surface area contributed by atoms with Gasteiger partial charge in [-0.05, 0) is 43.0 Å². The number of esters is 1. The van der Waals surface area contributed by atoms with Crippen molar-refractivity contribution >= 4 is 46.2 Å². The highest BCUT2D eigenvalue weighted by Gasteiger charge is 2.24. The average molecular weight is 425 g/mol. The van der Waals surface area contributed by atoms with E-state index in [1.807, 2.05) is 18.2 Å². The van der Waals surface area contributed by atoms with E-state index in [-0.39, 0.29) is 18.5 Å². The Kier molecular flexibility index (Phi) is 5.82. The first-order chi connectivity index (χ1) is 13.1. The molecule has 1 saturated heterocycles. The van der Waals surface area contributed by atoms with Gasteiger partial charge in [-0.1, -0.05) is 11.6 Å². The summed E-state index contributed by atoms with van der Waals surface area (Å²) < 4.78 is 6.06. The van der Waals surface area contributed by atoms with Gasteiger partial charge >= 0.3 is 5.97 Å². The third kappa shape index (κ3) is 4.54. The van der Waals surface area contributed by atoms with E-state index in [4.69, 9.17) is 16.3 Å². The number of rotatable bonds is 5. The second-order valence-corrected chi connectivity index (χ2v) is 9.79. The van der Waals surface area contributed by atoms with Gasteiger partial charge in [0.05, 0.1) is 4.34 Å². The summed E-state index contributed by atoms with van der Waals surface area (Å²) in [6, 6.07) is 5.89. The van der Waals surface area contributed by atoms with Crippen LogP contribution in [0.5, 0.6) is 0 Å². The summed E-state index contributed by atoms with van der Waals surface area (Å²) in [5.41, 5.74) is 1.27. The summed E-state index contributed by atoms with van der Waals surface area (Å²) in [5.74, 6) is -0.498. The highest BCUT2D eigenvalue weighted by atomic mass is 35.5. The molecule has 0 aromatic carbocycles. The van der Waals surface area contributed by atoms with E-state index >= 15 is 0 Å². The van der Waals surface area contributed by atoms with Crippen LogP contribution in [0.3, 0.4) is 0 Å². The number of nitrogens with zero attached hydrogens (tertiary/aromatic N) is 2. The van der Waals surface area contributed by atoms with Crippen molar-refractivity contribution in [2.45, 2.75) is 25.8 Å². The standard InChI is InChI=1S/C19H21ClN2O3S2/c20-17-5-4-14(26-17)11-21-6-8-22(9-7-21)18(23)12-25-19(24)16-10-13-2-1-3-15(13)27-16/h4-5,10H,1-3,6-9,11-12H2. The first-order valence-electron chi connectivity index (χ1n) is 9.11. The highest BCUT2D eigenvalue weighted by Crippen LogP contribution is 2.31. The van der Waals surface area contributed by atoms with E-state index in [2.05, 4.69) is 4.90 Å².